The van der Waals surface area contributed by atoms with Gasteiger partial charge in [-0.3, -0.25) is 4.79 Å². The fraction of sp³-hybridized carbons (Fsp3) is 0.375. The first-order valence-corrected chi connectivity index (χ1v) is 9.82. The summed E-state index contributed by atoms with van der Waals surface area (Å²) in [5, 5.41) is 3.39. The Morgan fingerprint density at radius 1 is 0.923 bits per heavy atom. The first kappa shape index (κ1) is 18.6. The topological polar surface area (TPSA) is 29.1 Å². The van der Waals surface area contributed by atoms with Crippen LogP contribution in [0.25, 0.3) is 0 Å². The van der Waals surface area contributed by atoms with E-state index in [9.17, 15) is 4.79 Å². The molecule has 2 nitrogen and oxygen atoms in total. The Morgan fingerprint density at radius 2 is 1.58 bits per heavy atom. The van der Waals surface area contributed by atoms with Gasteiger partial charge in [-0.2, -0.15) is 0 Å². The second-order valence-corrected chi connectivity index (χ2v) is 7.20. The smallest absolute Gasteiger partial charge is 0.165 e. The lowest BCUT2D eigenvalue weighted by Gasteiger charge is -2.36. The van der Waals surface area contributed by atoms with Crippen molar-refractivity contribution < 1.29 is 4.79 Å². The third-order valence-electron chi connectivity index (χ3n) is 5.45. The number of carbonyl (C=O) groups is 1. The highest BCUT2D eigenvalue weighted by molar-refractivity contribution is 5.99. The zero-order chi connectivity index (χ0) is 18.1. The fourth-order valence-electron chi connectivity index (χ4n) is 3.87. The SMILES string of the molecule is O=C(/C=C/CCCCc1ccccc1)C1(c2ccccc2)CCNCC1. The molecule has 1 aliphatic rings. The molecule has 0 radical (unpaired) electrons. The number of unbranched alkanes of at least 4 members (excludes halogenated alkanes) is 2. The summed E-state index contributed by atoms with van der Waals surface area (Å²) in [4.78, 5) is 13.1. The minimum absolute atomic E-state index is 0.272. The zero-order valence-electron chi connectivity index (χ0n) is 15.5. The van der Waals surface area contributed by atoms with Crippen LogP contribution in [0, 0.1) is 0 Å². The monoisotopic (exact) mass is 347 g/mol. The molecule has 1 fully saturated rings. The summed E-state index contributed by atoms with van der Waals surface area (Å²) in [5.41, 5.74) is 2.22. The first-order chi connectivity index (χ1) is 12.8. The second kappa shape index (κ2) is 9.49. The molecule has 1 saturated heterocycles. The maximum atomic E-state index is 13.1. The van der Waals surface area contributed by atoms with Gasteiger partial charge >= 0.3 is 0 Å². The molecule has 0 amide bonds. The Kier molecular flexibility index (Phi) is 6.79. The van der Waals surface area contributed by atoms with Crippen molar-refractivity contribution in [1.82, 2.24) is 5.32 Å². The quantitative estimate of drug-likeness (QED) is 0.546. The summed E-state index contributed by atoms with van der Waals surface area (Å²) in [7, 11) is 0. The molecule has 0 atom stereocenters. The first-order valence-electron chi connectivity index (χ1n) is 9.82. The van der Waals surface area contributed by atoms with Crippen LogP contribution in [0.2, 0.25) is 0 Å². The van der Waals surface area contributed by atoms with E-state index >= 15 is 0 Å². The molecular weight excluding hydrogens is 318 g/mol. The molecule has 1 aliphatic heterocycles. The van der Waals surface area contributed by atoms with E-state index in [4.69, 9.17) is 0 Å². The predicted molar refractivity (Wildman–Crippen MR) is 108 cm³/mol. The molecule has 2 aromatic carbocycles. The molecule has 0 unspecified atom stereocenters. The number of nitrogens with one attached hydrogen (secondary N) is 1. The van der Waals surface area contributed by atoms with E-state index in [1.807, 2.05) is 24.3 Å². The number of carbonyl (C=O) groups excluding carboxylic acids is 1. The molecule has 3 rings (SSSR count). The van der Waals surface area contributed by atoms with Gasteiger partial charge < -0.3 is 5.32 Å². The average Bonchev–Trinajstić information content (AvgIpc) is 2.72. The number of aryl methyl sites for hydroxylation is 1. The van der Waals surface area contributed by atoms with Gasteiger partial charge in [0.2, 0.25) is 0 Å². The second-order valence-electron chi connectivity index (χ2n) is 7.20. The Bertz CT molecular complexity index is 700. The number of benzene rings is 2. The molecule has 0 bridgehead atoms. The van der Waals surface area contributed by atoms with Gasteiger partial charge in [0.25, 0.3) is 0 Å². The van der Waals surface area contributed by atoms with Gasteiger partial charge in [-0.05, 0) is 68.8 Å². The minimum Gasteiger partial charge on any atom is -0.317 e. The van der Waals surface area contributed by atoms with Crippen LogP contribution < -0.4 is 5.32 Å². The van der Waals surface area contributed by atoms with Crippen LogP contribution in [0.15, 0.2) is 72.8 Å². The highest BCUT2D eigenvalue weighted by Crippen LogP contribution is 2.35. The number of hydrogen-bond acceptors (Lipinski definition) is 2. The lowest BCUT2D eigenvalue weighted by molar-refractivity contribution is -0.120. The van der Waals surface area contributed by atoms with Crippen LogP contribution in [-0.2, 0) is 16.6 Å². The Balaban J connectivity index is 1.54. The van der Waals surface area contributed by atoms with E-state index in [0.29, 0.717) is 0 Å². The van der Waals surface area contributed by atoms with Gasteiger partial charge in [-0.25, -0.2) is 0 Å². The Hall–Kier alpha value is -2.19. The lowest BCUT2D eigenvalue weighted by Crippen LogP contribution is -2.44. The fourth-order valence-corrected chi connectivity index (χ4v) is 3.87. The van der Waals surface area contributed by atoms with Crippen LogP contribution in [0.1, 0.15) is 43.2 Å². The number of ketones is 1. The number of piperidine rings is 1. The van der Waals surface area contributed by atoms with Crippen molar-refractivity contribution in [2.75, 3.05) is 13.1 Å². The van der Waals surface area contributed by atoms with Crippen molar-refractivity contribution >= 4 is 5.78 Å². The van der Waals surface area contributed by atoms with Crippen molar-refractivity contribution in [3.05, 3.63) is 83.9 Å². The van der Waals surface area contributed by atoms with E-state index < -0.39 is 0 Å². The van der Waals surface area contributed by atoms with E-state index in [0.717, 1.165) is 51.6 Å². The van der Waals surface area contributed by atoms with Crippen molar-refractivity contribution in [3.8, 4) is 0 Å². The molecule has 0 aliphatic carbocycles. The number of hydrogen-bond donors (Lipinski definition) is 1. The van der Waals surface area contributed by atoms with Gasteiger partial charge in [0, 0.05) is 0 Å². The summed E-state index contributed by atoms with van der Waals surface area (Å²) >= 11 is 0. The maximum Gasteiger partial charge on any atom is 0.165 e. The molecule has 0 aromatic heterocycles. The summed E-state index contributed by atoms with van der Waals surface area (Å²) in [5.74, 6) is 0.272. The lowest BCUT2D eigenvalue weighted by atomic mass is 9.70. The van der Waals surface area contributed by atoms with Crippen LogP contribution in [0.4, 0.5) is 0 Å². The van der Waals surface area contributed by atoms with Crippen molar-refractivity contribution in [2.24, 2.45) is 0 Å². The number of allylic oxidation sites excluding steroid dienone is 2. The molecule has 0 saturated carbocycles. The van der Waals surface area contributed by atoms with Gasteiger partial charge in [-0.1, -0.05) is 66.7 Å². The largest absolute Gasteiger partial charge is 0.317 e. The van der Waals surface area contributed by atoms with Crippen LogP contribution >= 0.6 is 0 Å². The van der Waals surface area contributed by atoms with Crippen LogP contribution in [0.5, 0.6) is 0 Å². The van der Waals surface area contributed by atoms with Crippen LogP contribution in [-0.4, -0.2) is 18.9 Å². The molecule has 26 heavy (non-hydrogen) atoms. The standard InChI is InChI=1S/C24H29NO/c26-23(16-10-2-1-5-11-21-12-6-3-7-13-21)24(17-19-25-20-18-24)22-14-8-4-9-15-22/h3-4,6-10,12-16,25H,1-2,5,11,17-20H2/b16-10+. The summed E-state index contributed by atoms with van der Waals surface area (Å²) in [6.45, 7) is 1.82. The Labute approximate surface area is 157 Å². The molecule has 2 aromatic rings. The van der Waals surface area contributed by atoms with Crippen molar-refractivity contribution in [1.29, 1.82) is 0 Å². The molecular formula is C24H29NO. The highest BCUT2D eigenvalue weighted by atomic mass is 16.1. The predicted octanol–water partition coefficient (Wildman–Crippen LogP) is 4.85. The third kappa shape index (κ3) is 4.70. The van der Waals surface area contributed by atoms with Gasteiger partial charge in [0.1, 0.15) is 0 Å². The molecule has 1 N–H and O–H groups in total. The van der Waals surface area contributed by atoms with Crippen LogP contribution in [0.3, 0.4) is 0 Å². The summed E-state index contributed by atoms with van der Waals surface area (Å²) < 4.78 is 0. The molecule has 0 spiro atoms. The molecule has 136 valence electrons. The van der Waals surface area contributed by atoms with Gasteiger partial charge in [-0.15, -0.1) is 0 Å². The van der Waals surface area contributed by atoms with E-state index in [2.05, 4.69) is 53.9 Å². The van der Waals surface area contributed by atoms with Gasteiger partial charge in [0.15, 0.2) is 5.78 Å². The Morgan fingerprint density at radius 3 is 2.27 bits per heavy atom. The molecule has 2 heteroatoms. The third-order valence-corrected chi connectivity index (χ3v) is 5.45. The minimum atomic E-state index is -0.340. The zero-order valence-corrected chi connectivity index (χ0v) is 15.5. The average molecular weight is 348 g/mol. The highest BCUT2D eigenvalue weighted by Gasteiger charge is 2.39. The number of rotatable bonds is 8. The van der Waals surface area contributed by atoms with E-state index in [1.165, 1.54) is 11.1 Å². The molecule has 1 heterocycles. The summed E-state index contributed by atoms with van der Waals surface area (Å²) in [6.07, 6.45) is 10.1. The van der Waals surface area contributed by atoms with Gasteiger partial charge in [0.05, 0.1) is 5.41 Å². The normalized spacial score (nSPS) is 16.6. The van der Waals surface area contributed by atoms with Crippen molar-refractivity contribution in [3.63, 3.8) is 0 Å². The summed E-state index contributed by atoms with van der Waals surface area (Å²) in [6, 6.07) is 20.9. The maximum absolute atomic E-state index is 13.1. The van der Waals surface area contributed by atoms with E-state index in [1.54, 1.807) is 0 Å². The van der Waals surface area contributed by atoms with E-state index in [-0.39, 0.29) is 11.2 Å². The van der Waals surface area contributed by atoms with Crippen molar-refractivity contribution in [2.45, 2.75) is 43.9 Å².